The summed E-state index contributed by atoms with van der Waals surface area (Å²) >= 11 is 0. The average Bonchev–Trinajstić information content (AvgIpc) is 2.89. The van der Waals surface area contributed by atoms with Crippen molar-refractivity contribution in [1.29, 1.82) is 0 Å². The molecule has 1 N–H and O–H groups in total. The zero-order valence-electron chi connectivity index (χ0n) is 16.0. The molecule has 0 atom stereocenters. The highest BCUT2D eigenvalue weighted by atomic mass is 19.1. The first kappa shape index (κ1) is 19.5. The molecule has 27 heavy (non-hydrogen) atoms. The van der Waals surface area contributed by atoms with Gasteiger partial charge in [-0.05, 0) is 49.7 Å². The molecule has 5 heteroatoms. The van der Waals surface area contributed by atoms with E-state index < -0.39 is 0 Å². The van der Waals surface area contributed by atoms with E-state index in [1.165, 1.54) is 11.6 Å². The second kappa shape index (κ2) is 9.62. The topological polar surface area (TPSA) is 35.6 Å². The molecule has 0 saturated carbocycles. The number of halogens is 1. The van der Waals surface area contributed by atoms with Crippen LogP contribution in [0.5, 0.6) is 0 Å². The summed E-state index contributed by atoms with van der Waals surface area (Å²) in [5, 5.41) is 2.98. The average molecular weight is 369 g/mol. The fourth-order valence-electron chi connectivity index (χ4n) is 3.44. The van der Waals surface area contributed by atoms with Crippen LogP contribution in [0.25, 0.3) is 0 Å². The molecule has 1 aliphatic heterocycles. The van der Waals surface area contributed by atoms with Gasteiger partial charge in [-0.15, -0.1) is 0 Å². The number of carbonyl (C=O) groups excluding carboxylic acids is 1. The predicted octanol–water partition coefficient (Wildman–Crippen LogP) is 3.53. The van der Waals surface area contributed by atoms with Crippen LogP contribution in [0.2, 0.25) is 0 Å². The molecule has 0 aromatic heterocycles. The highest BCUT2D eigenvalue weighted by Crippen LogP contribution is 2.13. The lowest BCUT2D eigenvalue weighted by Gasteiger charge is -2.21. The monoisotopic (exact) mass is 369 g/mol. The van der Waals surface area contributed by atoms with Crippen LogP contribution in [-0.2, 0) is 17.8 Å². The Balaban J connectivity index is 1.47. The Morgan fingerprint density at radius 1 is 1.00 bits per heavy atom. The molecule has 0 aliphatic carbocycles. The second-order valence-electron chi connectivity index (χ2n) is 7.10. The van der Waals surface area contributed by atoms with Crippen molar-refractivity contribution >= 4 is 11.6 Å². The van der Waals surface area contributed by atoms with Gasteiger partial charge in [0.25, 0.3) is 0 Å². The van der Waals surface area contributed by atoms with Crippen molar-refractivity contribution < 1.29 is 9.18 Å². The van der Waals surface area contributed by atoms with Gasteiger partial charge < -0.3 is 5.32 Å². The fraction of sp³-hybridized carbons (Fsp3) is 0.409. The number of anilines is 1. The summed E-state index contributed by atoms with van der Waals surface area (Å²) in [5.74, 6) is -0.131. The Kier molecular flexibility index (Phi) is 6.96. The number of benzene rings is 2. The van der Waals surface area contributed by atoms with Crippen molar-refractivity contribution in [2.45, 2.75) is 26.3 Å². The number of hydrogen-bond donors (Lipinski definition) is 1. The molecule has 0 spiro atoms. The van der Waals surface area contributed by atoms with Gasteiger partial charge in [-0.2, -0.15) is 0 Å². The first-order chi connectivity index (χ1) is 13.1. The third-order valence-electron chi connectivity index (χ3n) is 5.05. The lowest BCUT2D eigenvalue weighted by molar-refractivity contribution is -0.117. The molecule has 1 fully saturated rings. The Morgan fingerprint density at radius 3 is 2.44 bits per heavy atom. The minimum absolute atomic E-state index is 0.0156. The molecule has 0 bridgehead atoms. The second-order valence-corrected chi connectivity index (χ2v) is 7.10. The summed E-state index contributed by atoms with van der Waals surface area (Å²) in [7, 11) is 0. The molecule has 0 unspecified atom stereocenters. The van der Waals surface area contributed by atoms with Crippen molar-refractivity contribution in [3.63, 3.8) is 0 Å². The largest absolute Gasteiger partial charge is 0.325 e. The number of nitrogens with one attached hydrogen (secondary N) is 1. The summed E-state index contributed by atoms with van der Waals surface area (Å²) in [5.41, 5.74) is 2.84. The zero-order chi connectivity index (χ0) is 19.1. The Labute approximate surface area is 161 Å². The summed E-state index contributed by atoms with van der Waals surface area (Å²) in [6.07, 6.45) is 1.97. The van der Waals surface area contributed by atoms with Crippen LogP contribution in [0.1, 0.15) is 24.5 Å². The van der Waals surface area contributed by atoms with Crippen molar-refractivity contribution in [2.75, 3.05) is 38.0 Å². The Hall–Kier alpha value is -2.24. The third-order valence-corrected chi connectivity index (χ3v) is 5.05. The summed E-state index contributed by atoms with van der Waals surface area (Å²) in [6, 6.07) is 14.9. The van der Waals surface area contributed by atoms with Crippen LogP contribution in [-0.4, -0.2) is 48.4 Å². The minimum atomic E-state index is -0.146. The van der Waals surface area contributed by atoms with Crippen LogP contribution in [0, 0.1) is 5.82 Å². The molecule has 144 valence electrons. The van der Waals surface area contributed by atoms with Crippen molar-refractivity contribution in [1.82, 2.24) is 9.80 Å². The van der Waals surface area contributed by atoms with Gasteiger partial charge in [-0.25, -0.2) is 4.39 Å². The molecule has 1 amide bonds. The maximum Gasteiger partial charge on any atom is 0.238 e. The molecule has 4 nitrogen and oxygen atoms in total. The van der Waals surface area contributed by atoms with Gasteiger partial charge in [0.05, 0.1) is 6.54 Å². The van der Waals surface area contributed by atoms with E-state index >= 15 is 0 Å². The molecule has 2 aromatic carbocycles. The lowest BCUT2D eigenvalue weighted by Crippen LogP contribution is -2.36. The van der Waals surface area contributed by atoms with Gasteiger partial charge in [0, 0.05) is 30.9 Å². The molecule has 2 aromatic rings. The van der Waals surface area contributed by atoms with Crippen LogP contribution >= 0.6 is 0 Å². The van der Waals surface area contributed by atoms with Gasteiger partial charge in [0.15, 0.2) is 0 Å². The van der Waals surface area contributed by atoms with Gasteiger partial charge in [-0.3, -0.25) is 14.6 Å². The number of amides is 1. The minimum Gasteiger partial charge on any atom is -0.325 e. The molecule has 1 aliphatic rings. The SMILES string of the molecule is CCc1ccc(NC(=O)CN2CCCN(Cc3ccccc3F)CC2)cc1. The highest BCUT2D eigenvalue weighted by Gasteiger charge is 2.18. The van der Waals surface area contributed by atoms with Gasteiger partial charge >= 0.3 is 0 Å². The van der Waals surface area contributed by atoms with E-state index in [0.717, 1.165) is 50.3 Å². The summed E-state index contributed by atoms with van der Waals surface area (Å²) in [4.78, 5) is 16.8. The number of rotatable bonds is 6. The van der Waals surface area contributed by atoms with Gasteiger partial charge in [-0.1, -0.05) is 37.3 Å². The van der Waals surface area contributed by atoms with Crippen LogP contribution in [0.4, 0.5) is 10.1 Å². The fourth-order valence-corrected chi connectivity index (χ4v) is 3.44. The normalized spacial score (nSPS) is 16.1. The Bertz CT molecular complexity index is 747. The standard InChI is InChI=1S/C22H28FN3O/c1-2-18-8-10-20(11-9-18)24-22(27)17-26-13-5-12-25(14-15-26)16-19-6-3-4-7-21(19)23/h3-4,6-11H,2,5,12-17H2,1H3,(H,24,27). The Morgan fingerprint density at radius 2 is 1.70 bits per heavy atom. The molecular weight excluding hydrogens is 341 g/mol. The van der Waals surface area contributed by atoms with Crippen LogP contribution in [0.15, 0.2) is 48.5 Å². The van der Waals surface area contributed by atoms with E-state index in [1.807, 2.05) is 36.4 Å². The maximum absolute atomic E-state index is 13.9. The van der Waals surface area contributed by atoms with Crippen molar-refractivity contribution in [3.05, 3.63) is 65.5 Å². The summed E-state index contributed by atoms with van der Waals surface area (Å²) in [6.45, 7) is 6.59. The van der Waals surface area contributed by atoms with Crippen LogP contribution < -0.4 is 5.32 Å². The van der Waals surface area contributed by atoms with E-state index in [2.05, 4.69) is 22.0 Å². The molecule has 0 radical (unpaired) electrons. The predicted molar refractivity (Wildman–Crippen MR) is 107 cm³/mol. The van der Waals surface area contributed by atoms with Crippen molar-refractivity contribution in [3.8, 4) is 0 Å². The van der Waals surface area contributed by atoms with E-state index in [9.17, 15) is 9.18 Å². The van der Waals surface area contributed by atoms with E-state index in [-0.39, 0.29) is 11.7 Å². The third kappa shape index (κ3) is 5.88. The smallest absolute Gasteiger partial charge is 0.238 e. The van der Waals surface area contributed by atoms with Gasteiger partial charge in [0.2, 0.25) is 5.91 Å². The molecule has 1 saturated heterocycles. The highest BCUT2D eigenvalue weighted by molar-refractivity contribution is 5.92. The summed E-state index contributed by atoms with van der Waals surface area (Å²) < 4.78 is 13.9. The first-order valence-electron chi connectivity index (χ1n) is 9.71. The first-order valence-corrected chi connectivity index (χ1v) is 9.71. The van der Waals surface area contributed by atoms with E-state index in [4.69, 9.17) is 0 Å². The number of carbonyl (C=O) groups is 1. The number of nitrogens with zero attached hydrogens (tertiary/aromatic N) is 2. The van der Waals surface area contributed by atoms with E-state index in [0.29, 0.717) is 13.1 Å². The van der Waals surface area contributed by atoms with Gasteiger partial charge in [0.1, 0.15) is 5.82 Å². The lowest BCUT2D eigenvalue weighted by atomic mass is 10.1. The molecular formula is C22H28FN3O. The maximum atomic E-state index is 13.9. The van der Waals surface area contributed by atoms with Crippen molar-refractivity contribution in [2.24, 2.45) is 0 Å². The number of hydrogen-bond acceptors (Lipinski definition) is 3. The number of aryl methyl sites for hydroxylation is 1. The molecule has 3 rings (SSSR count). The van der Waals surface area contributed by atoms with E-state index in [1.54, 1.807) is 6.07 Å². The quantitative estimate of drug-likeness (QED) is 0.846. The zero-order valence-corrected chi connectivity index (χ0v) is 16.0. The molecule has 1 heterocycles. The van der Waals surface area contributed by atoms with Crippen LogP contribution in [0.3, 0.4) is 0 Å².